The van der Waals surface area contributed by atoms with E-state index in [9.17, 15) is 9.59 Å². The second kappa shape index (κ2) is 5.73. The molecule has 1 aliphatic rings. The largest absolute Gasteiger partial charge is 0.399 e. The first kappa shape index (κ1) is 13.4. The lowest BCUT2D eigenvalue weighted by Crippen LogP contribution is -2.38. The average molecular weight is 261 g/mol. The van der Waals surface area contributed by atoms with Crippen LogP contribution >= 0.6 is 0 Å². The molecule has 5 heteroatoms. The minimum absolute atomic E-state index is 0.0342. The number of nitrogens with two attached hydrogens (primary N) is 1. The molecule has 0 aliphatic heterocycles. The lowest BCUT2D eigenvalue weighted by Gasteiger charge is -2.17. The Morgan fingerprint density at radius 3 is 2.53 bits per heavy atom. The fourth-order valence-corrected chi connectivity index (χ4v) is 1.82. The molecule has 3 N–H and O–H groups in total. The summed E-state index contributed by atoms with van der Waals surface area (Å²) in [7, 11) is 1.77. The molecule has 2 amide bonds. The molecule has 0 aromatic heterocycles. The van der Waals surface area contributed by atoms with Gasteiger partial charge in [0.2, 0.25) is 5.91 Å². The van der Waals surface area contributed by atoms with Gasteiger partial charge in [0, 0.05) is 24.8 Å². The third-order valence-electron chi connectivity index (χ3n) is 3.23. The molecule has 1 aliphatic carbocycles. The number of nitrogen functional groups attached to an aromatic ring is 1. The third-order valence-corrected chi connectivity index (χ3v) is 3.23. The fraction of sp³-hybridized carbons (Fsp3) is 0.429. The van der Waals surface area contributed by atoms with Crippen LogP contribution in [0.5, 0.6) is 0 Å². The topological polar surface area (TPSA) is 75.4 Å². The van der Waals surface area contributed by atoms with Crippen LogP contribution in [0.15, 0.2) is 24.3 Å². The lowest BCUT2D eigenvalue weighted by molar-refractivity contribution is -0.129. The maximum Gasteiger partial charge on any atom is 0.251 e. The van der Waals surface area contributed by atoms with E-state index in [0.29, 0.717) is 17.2 Å². The second-order valence-corrected chi connectivity index (χ2v) is 5.02. The molecule has 0 atom stereocenters. The summed E-state index contributed by atoms with van der Waals surface area (Å²) < 4.78 is 0. The van der Waals surface area contributed by atoms with Crippen LogP contribution in [0.2, 0.25) is 0 Å². The zero-order chi connectivity index (χ0) is 13.8. The predicted molar refractivity (Wildman–Crippen MR) is 73.5 cm³/mol. The Hall–Kier alpha value is -2.04. The molecule has 1 aromatic carbocycles. The van der Waals surface area contributed by atoms with Gasteiger partial charge in [0.05, 0.1) is 6.54 Å². The maximum absolute atomic E-state index is 11.8. The number of nitrogens with zero attached hydrogens (tertiary/aromatic N) is 1. The quantitative estimate of drug-likeness (QED) is 0.772. The molecule has 0 saturated heterocycles. The van der Waals surface area contributed by atoms with Crippen LogP contribution in [-0.4, -0.2) is 36.9 Å². The van der Waals surface area contributed by atoms with Gasteiger partial charge in [0.25, 0.3) is 5.91 Å². The van der Waals surface area contributed by atoms with Crippen molar-refractivity contribution in [2.75, 3.05) is 25.9 Å². The molecule has 19 heavy (non-hydrogen) atoms. The Kier molecular flexibility index (Phi) is 4.04. The molecule has 0 heterocycles. The standard InChI is InChI=1S/C14H19N3O2/c1-17(9-10-2-3-10)13(18)8-16-14(19)11-4-6-12(15)7-5-11/h4-7,10H,2-3,8-9,15H2,1H3,(H,16,19). The summed E-state index contributed by atoms with van der Waals surface area (Å²) in [6.45, 7) is 0.822. The summed E-state index contributed by atoms with van der Waals surface area (Å²) in [4.78, 5) is 25.3. The molecular formula is C14H19N3O2. The summed E-state index contributed by atoms with van der Waals surface area (Å²) in [5.41, 5.74) is 6.66. The Labute approximate surface area is 112 Å². The smallest absolute Gasteiger partial charge is 0.251 e. The molecule has 0 radical (unpaired) electrons. The van der Waals surface area contributed by atoms with E-state index in [0.717, 1.165) is 6.54 Å². The lowest BCUT2D eigenvalue weighted by atomic mass is 10.2. The monoisotopic (exact) mass is 261 g/mol. The van der Waals surface area contributed by atoms with Crippen LogP contribution in [0.4, 0.5) is 5.69 Å². The molecule has 0 bridgehead atoms. The van der Waals surface area contributed by atoms with Crippen molar-refractivity contribution in [3.63, 3.8) is 0 Å². The Bertz CT molecular complexity index is 466. The Balaban J connectivity index is 1.79. The summed E-state index contributed by atoms with van der Waals surface area (Å²) in [5, 5.41) is 2.62. The predicted octanol–water partition coefficient (Wildman–Crippen LogP) is 0.867. The molecule has 102 valence electrons. The highest BCUT2D eigenvalue weighted by molar-refractivity contribution is 5.96. The number of likely N-dealkylation sites (N-methyl/N-ethyl adjacent to an activating group) is 1. The van der Waals surface area contributed by atoms with Gasteiger partial charge in [0.1, 0.15) is 0 Å². The summed E-state index contributed by atoms with van der Waals surface area (Å²) >= 11 is 0. The van der Waals surface area contributed by atoms with Crippen LogP contribution in [0.25, 0.3) is 0 Å². The highest BCUT2D eigenvalue weighted by atomic mass is 16.2. The van der Waals surface area contributed by atoms with Crippen LogP contribution < -0.4 is 11.1 Å². The van der Waals surface area contributed by atoms with Gasteiger partial charge in [0.15, 0.2) is 0 Å². The number of hydrogen-bond donors (Lipinski definition) is 2. The average Bonchev–Trinajstić information content (AvgIpc) is 3.20. The van der Waals surface area contributed by atoms with E-state index >= 15 is 0 Å². The number of carbonyl (C=O) groups is 2. The molecule has 0 spiro atoms. The number of nitrogens with one attached hydrogen (secondary N) is 1. The van der Waals surface area contributed by atoms with Gasteiger partial charge in [-0.3, -0.25) is 9.59 Å². The first-order chi connectivity index (χ1) is 9.06. The van der Waals surface area contributed by atoms with E-state index in [2.05, 4.69) is 5.32 Å². The molecule has 0 unspecified atom stereocenters. The number of benzene rings is 1. The summed E-state index contributed by atoms with van der Waals surface area (Å²) in [6, 6.07) is 6.61. The molecular weight excluding hydrogens is 242 g/mol. The minimum Gasteiger partial charge on any atom is -0.399 e. The van der Waals surface area contributed by atoms with E-state index < -0.39 is 0 Å². The summed E-state index contributed by atoms with van der Waals surface area (Å²) in [6.07, 6.45) is 2.41. The first-order valence-electron chi connectivity index (χ1n) is 6.44. The first-order valence-corrected chi connectivity index (χ1v) is 6.44. The number of amides is 2. The minimum atomic E-state index is -0.256. The molecule has 5 nitrogen and oxygen atoms in total. The van der Waals surface area contributed by atoms with E-state index in [1.165, 1.54) is 12.8 Å². The zero-order valence-corrected chi connectivity index (χ0v) is 11.1. The highest BCUT2D eigenvalue weighted by Gasteiger charge is 2.24. The van der Waals surface area contributed by atoms with Crippen molar-refractivity contribution >= 4 is 17.5 Å². The van der Waals surface area contributed by atoms with Crippen molar-refractivity contribution in [3.05, 3.63) is 29.8 Å². The van der Waals surface area contributed by atoms with Gasteiger partial charge in [-0.2, -0.15) is 0 Å². The van der Waals surface area contributed by atoms with Gasteiger partial charge in [-0.25, -0.2) is 0 Å². The van der Waals surface area contributed by atoms with Crippen LogP contribution in [0.1, 0.15) is 23.2 Å². The van der Waals surface area contributed by atoms with E-state index in [1.807, 2.05) is 0 Å². The fourth-order valence-electron chi connectivity index (χ4n) is 1.82. The van der Waals surface area contributed by atoms with E-state index in [4.69, 9.17) is 5.73 Å². The van der Waals surface area contributed by atoms with Gasteiger partial charge in [-0.15, -0.1) is 0 Å². The van der Waals surface area contributed by atoms with E-state index in [-0.39, 0.29) is 18.4 Å². The summed E-state index contributed by atoms with van der Waals surface area (Å²) in [5.74, 6) is 0.339. The molecule has 1 fully saturated rings. The van der Waals surface area contributed by atoms with Crippen LogP contribution in [0, 0.1) is 5.92 Å². The Morgan fingerprint density at radius 1 is 1.32 bits per heavy atom. The van der Waals surface area contributed by atoms with E-state index in [1.54, 1.807) is 36.2 Å². The van der Waals surface area contributed by atoms with Gasteiger partial charge < -0.3 is 16.0 Å². The Morgan fingerprint density at radius 2 is 1.95 bits per heavy atom. The molecule has 2 rings (SSSR count). The zero-order valence-electron chi connectivity index (χ0n) is 11.1. The van der Waals surface area contributed by atoms with Crippen molar-refractivity contribution in [2.24, 2.45) is 5.92 Å². The number of anilines is 1. The van der Waals surface area contributed by atoms with Crippen molar-refractivity contribution in [1.82, 2.24) is 10.2 Å². The second-order valence-electron chi connectivity index (χ2n) is 5.02. The number of carbonyl (C=O) groups excluding carboxylic acids is 2. The van der Waals surface area contributed by atoms with Gasteiger partial charge >= 0.3 is 0 Å². The van der Waals surface area contributed by atoms with Gasteiger partial charge in [-0.1, -0.05) is 0 Å². The van der Waals surface area contributed by atoms with Crippen LogP contribution in [0.3, 0.4) is 0 Å². The highest BCUT2D eigenvalue weighted by Crippen LogP contribution is 2.29. The van der Waals surface area contributed by atoms with Crippen LogP contribution in [-0.2, 0) is 4.79 Å². The van der Waals surface area contributed by atoms with Crippen molar-refractivity contribution < 1.29 is 9.59 Å². The van der Waals surface area contributed by atoms with Crippen molar-refractivity contribution in [2.45, 2.75) is 12.8 Å². The SMILES string of the molecule is CN(CC1CC1)C(=O)CNC(=O)c1ccc(N)cc1. The van der Waals surface area contributed by atoms with Crippen molar-refractivity contribution in [3.8, 4) is 0 Å². The van der Waals surface area contributed by atoms with Crippen molar-refractivity contribution in [1.29, 1.82) is 0 Å². The normalized spacial score (nSPS) is 13.9. The molecule has 1 saturated carbocycles. The molecule has 1 aromatic rings. The third kappa shape index (κ3) is 3.98. The van der Waals surface area contributed by atoms with Gasteiger partial charge in [-0.05, 0) is 43.0 Å². The number of hydrogen-bond acceptors (Lipinski definition) is 3. The number of rotatable bonds is 5. The maximum atomic E-state index is 11.8.